The first kappa shape index (κ1) is 15.6. The Bertz CT molecular complexity index is 511. The minimum Gasteiger partial charge on any atom is -0.381 e. The quantitative estimate of drug-likeness (QED) is 0.470. The fraction of sp³-hybridized carbons (Fsp3) is 1.00. The highest BCUT2D eigenvalue weighted by Crippen LogP contribution is 2.82. The molecule has 0 aromatic rings. The second-order valence-corrected chi connectivity index (χ2v) is 9.59. The monoisotopic (exact) mass is 344 g/mol. The van der Waals surface area contributed by atoms with Crippen molar-refractivity contribution < 1.29 is 25.7 Å². The molecular weight excluding hydrogens is 332 g/mol. The van der Waals surface area contributed by atoms with E-state index in [1.54, 1.807) is 0 Å². The normalized spacial score (nSPS) is 35.1. The Hall–Kier alpha value is 0.260. The van der Waals surface area contributed by atoms with Gasteiger partial charge in [0.15, 0.2) is 0 Å². The fourth-order valence-electron chi connectivity index (χ4n) is 1.90. The molecule has 1 saturated heterocycles. The van der Waals surface area contributed by atoms with Gasteiger partial charge in [0, 0.05) is 20.2 Å². The van der Waals surface area contributed by atoms with E-state index < -0.39 is 23.3 Å². The zero-order valence-electron chi connectivity index (χ0n) is 9.83. The van der Waals surface area contributed by atoms with Gasteiger partial charge < -0.3 is 4.74 Å². The lowest BCUT2D eigenvalue weighted by Gasteiger charge is -2.34. The Morgan fingerprint density at radius 2 is 1.47 bits per heavy atom. The lowest BCUT2D eigenvalue weighted by Crippen LogP contribution is -2.33. The van der Waals surface area contributed by atoms with E-state index in [4.69, 9.17) is 4.74 Å². The number of halogens is 5. The van der Waals surface area contributed by atoms with Crippen LogP contribution in [0.4, 0.5) is 21.0 Å². The lowest BCUT2D eigenvalue weighted by molar-refractivity contribution is 0.0600. The topological polar surface area (TPSA) is 49.5 Å². The van der Waals surface area contributed by atoms with Crippen LogP contribution in [0.25, 0.3) is 0 Å². The minimum atomic E-state index is -5.61. The summed E-state index contributed by atoms with van der Waals surface area (Å²) in [5, 5.41) is 0. The zero-order valence-corrected chi connectivity index (χ0v) is 12.5. The van der Waals surface area contributed by atoms with Gasteiger partial charge in [-0.2, -0.15) is 4.20 Å². The highest BCUT2D eigenvalue weighted by molar-refractivity contribution is 7.78. The van der Waals surface area contributed by atoms with E-state index in [1.165, 1.54) is 7.11 Å². The van der Waals surface area contributed by atoms with Crippen LogP contribution in [0.3, 0.4) is 0 Å². The van der Waals surface area contributed by atoms with Crippen LogP contribution in [0.5, 0.6) is 0 Å². The van der Waals surface area contributed by atoms with Crippen molar-refractivity contribution in [2.45, 2.75) is 18.9 Å². The van der Waals surface area contributed by atoms with Gasteiger partial charge in [0.2, 0.25) is 0 Å². The van der Waals surface area contributed by atoms with Crippen LogP contribution >= 0.6 is 23.3 Å². The minimum absolute atomic E-state index is 0.0236. The van der Waals surface area contributed by atoms with Crippen LogP contribution in [-0.2, 0) is 4.74 Å². The van der Waals surface area contributed by atoms with Gasteiger partial charge in [0.05, 0.1) is 6.10 Å². The van der Waals surface area contributed by atoms with Gasteiger partial charge in [0.1, 0.15) is 0 Å². The third-order valence-corrected chi connectivity index (χ3v) is 9.15. The molecule has 2 rings (SSSR count). The van der Waals surface area contributed by atoms with Gasteiger partial charge >= 0.3 is 23.3 Å². The Morgan fingerprint density at radius 1 is 0.947 bits per heavy atom. The molecule has 0 aromatic carbocycles. The summed E-state index contributed by atoms with van der Waals surface area (Å²) in [5.74, 6) is 0. The summed E-state index contributed by atoms with van der Waals surface area (Å²) in [4.78, 5) is 0. The maximum absolute atomic E-state index is 14.4. The van der Waals surface area contributed by atoms with E-state index >= 15 is 0 Å². The van der Waals surface area contributed by atoms with E-state index in [-0.39, 0.29) is 19.2 Å². The van der Waals surface area contributed by atoms with Crippen molar-refractivity contribution in [3.63, 3.8) is 0 Å². The predicted molar refractivity (Wildman–Crippen MR) is 65.2 cm³/mol. The van der Waals surface area contributed by atoms with Crippen molar-refractivity contribution in [1.29, 1.82) is 0 Å². The van der Waals surface area contributed by atoms with E-state index in [0.29, 0.717) is 12.8 Å². The van der Waals surface area contributed by atoms with Gasteiger partial charge in [-0.1, -0.05) is 0 Å². The second-order valence-electron chi connectivity index (χ2n) is 4.06. The largest absolute Gasteiger partial charge is 0.424 e. The molecule has 0 bridgehead atoms. The molecule has 0 radical (unpaired) electrons. The molecule has 1 unspecified atom stereocenters. The molecule has 0 aromatic heterocycles. The number of hydrogen-bond acceptors (Lipinski definition) is 5. The molecule has 5 nitrogen and oxygen atoms in total. The van der Waals surface area contributed by atoms with Crippen molar-refractivity contribution in [1.82, 2.24) is 4.67 Å². The summed E-state index contributed by atoms with van der Waals surface area (Å²) in [7, 11) is -14.4. The number of rotatable bonds is 2. The van der Waals surface area contributed by atoms with Crippen molar-refractivity contribution in [3.05, 3.63) is 0 Å². The summed E-state index contributed by atoms with van der Waals surface area (Å²) < 4.78 is 80.0. The summed E-state index contributed by atoms with van der Waals surface area (Å²) in [6.45, 7) is 0.0472. The van der Waals surface area contributed by atoms with E-state index in [0.717, 1.165) is 4.67 Å². The van der Waals surface area contributed by atoms with Crippen LogP contribution in [0.2, 0.25) is 0 Å². The predicted octanol–water partition coefficient (Wildman–Crippen LogP) is 5.80. The molecule has 1 fully saturated rings. The number of nitrogens with zero attached hydrogens (tertiary/aromatic N) is 4. The van der Waals surface area contributed by atoms with Crippen LogP contribution in [-0.4, -0.2) is 31.0 Å². The molecule has 2 aliphatic rings. The molecule has 0 amide bonds. The average molecular weight is 344 g/mol. The molecule has 2 aliphatic heterocycles. The van der Waals surface area contributed by atoms with Gasteiger partial charge in [-0.3, -0.25) is 0 Å². The Kier molecular flexibility index (Phi) is 4.30. The molecule has 0 N–H and O–H groups in total. The van der Waals surface area contributed by atoms with Crippen molar-refractivity contribution in [2.24, 2.45) is 13.5 Å². The van der Waals surface area contributed by atoms with Crippen LogP contribution in [0.15, 0.2) is 13.5 Å². The maximum atomic E-state index is 14.4. The molecule has 0 spiro atoms. The molecule has 1 atom stereocenters. The zero-order chi connectivity index (χ0) is 14.3. The van der Waals surface area contributed by atoms with Gasteiger partial charge in [-0.25, -0.2) is 4.67 Å². The highest BCUT2D eigenvalue weighted by atomic mass is 31.3. The molecule has 112 valence electrons. The standard InChI is InChI=1S/C6H12F5N4OP3/c1-16-6-2-4-15(5-3-6)19(11)13-17(7,8)12-18(9,10)14-19/h6H,2-5H2,1H3. The summed E-state index contributed by atoms with van der Waals surface area (Å²) in [6, 6.07) is 0. The van der Waals surface area contributed by atoms with Crippen LogP contribution < -0.4 is 0 Å². The number of methoxy groups -OCH3 is 1. The van der Waals surface area contributed by atoms with Crippen LogP contribution in [0, 0.1) is 0 Å². The van der Waals surface area contributed by atoms with Gasteiger partial charge in [0.25, 0.3) is 0 Å². The smallest absolute Gasteiger partial charge is 0.381 e. The first-order valence-corrected chi connectivity index (χ1v) is 9.83. The van der Waals surface area contributed by atoms with E-state index in [2.05, 4.69) is 9.03 Å². The third-order valence-electron chi connectivity index (χ3n) is 2.77. The Morgan fingerprint density at radius 3 is 1.95 bits per heavy atom. The van der Waals surface area contributed by atoms with Crippen LogP contribution in [0.1, 0.15) is 12.8 Å². The molecule has 13 heteroatoms. The molecule has 2 heterocycles. The summed E-state index contributed by atoms with van der Waals surface area (Å²) in [6.07, 6.45) is 0.625. The average Bonchev–Trinajstić information content (AvgIpc) is 2.24. The van der Waals surface area contributed by atoms with Crippen molar-refractivity contribution in [2.75, 3.05) is 20.2 Å². The van der Waals surface area contributed by atoms with Crippen molar-refractivity contribution in [3.8, 4) is 0 Å². The number of hydrogen-bond donors (Lipinski definition) is 0. The van der Waals surface area contributed by atoms with Crippen molar-refractivity contribution >= 4 is 23.3 Å². The third kappa shape index (κ3) is 3.67. The molecule has 0 aliphatic carbocycles. The molecule has 0 saturated carbocycles. The molecular formula is C6H12F5N4OP3. The maximum Gasteiger partial charge on any atom is 0.424 e. The number of piperidine rings is 1. The summed E-state index contributed by atoms with van der Waals surface area (Å²) >= 11 is 0. The fourth-order valence-corrected chi connectivity index (χ4v) is 8.17. The Balaban J connectivity index is 2.32. The SMILES string of the molecule is COC1CCN(P2(F)=NP(F)(F)=NP(F)(F)=N2)CC1. The second kappa shape index (κ2) is 5.23. The van der Waals surface area contributed by atoms with E-state index in [9.17, 15) is 21.0 Å². The van der Waals surface area contributed by atoms with Gasteiger partial charge in [-0.05, 0) is 12.8 Å². The van der Waals surface area contributed by atoms with E-state index in [1.807, 2.05) is 4.52 Å². The molecule has 19 heavy (non-hydrogen) atoms. The summed E-state index contributed by atoms with van der Waals surface area (Å²) in [5.41, 5.74) is 0. The lowest BCUT2D eigenvalue weighted by atomic mass is 10.1. The first-order chi connectivity index (χ1) is 8.66. The Labute approximate surface area is 107 Å². The highest BCUT2D eigenvalue weighted by Gasteiger charge is 2.43. The number of ether oxygens (including phenoxy) is 1. The first-order valence-electron chi connectivity index (χ1n) is 5.34. The van der Waals surface area contributed by atoms with Gasteiger partial charge in [-0.15, -0.1) is 30.3 Å².